The fraction of sp³-hybridized carbons (Fsp3) is 0.500. The lowest BCUT2D eigenvalue weighted by Crippen LogP contribution is -2.27. The van der Waals surface area contributed by atoms with E-state index in [-0.39, 0.29) is 15.7 Å². The molecule has 0 saturated heterocycles. The van der Waals surface area contributed by atoms with Crippen molar-refractivity contribution in [3.8, 4) is 0 Å². The quantitative estimate of drug-likeness (QED) is 0.779. The molecular weight excluding hydrogens is 308 g/mol. The van der Waals surface area contributed by atoms with Gasteiger partial charge in [-0.1, -0.05) is 6.92 Å². The van der Waals surface area contributed by atoms with E-state index in [0.717, 1.165) is 11.3 Å². The van der Waals surface area contributed by atoms with Crippen LogP contribution in [0.25, 0.3) is 0 Å². The lowest BCUT2D eigenvalue weighted by Gasteiger charge is -2.02. The second-order valence-electron chi connectivity index (χ2n) is 3.76. The number of carbonyl (C=O) groups is 1. The van der Waals surface area contributed by atoms with Crippen LogP contribution in [-0.2, 0) is 20.8 Å². The second kappa shape index (κ2) is 6.60. The number of aryl methyl sites for hydroxylation is 1. The zero-order valence-corrected chi connectivity index (χ0v) is 13.1. The normalized spacial score (nSPS) is 13.2. The van der Waals surface area contributed by atoms with Gasteiger partial charge in [0.1, 0.15) is 0 Å². The van der Waals surface area contributed by atoms with Crippen molar-refractivity contribution in [2.45, 2.75) is 18.7 Å². The molecule has 1 aromatic rings. The molecule has 6 nitrogen and oxygen atoms in total. The molecule has 1 atom stereocenters. The number of carbonyl (C=O) groups excluding carboxylic acids is 1. The standard InChI is InChI=1S/C10H16N2O4S3/c1-3-18(14)5-4-12-10(13)8-6-9(7(2)17-8)19(11,15)16/h6H,3-5H2,1-2H3,(H,12,13)(H2,11,15,16). The highest BCUT2D eigenvalue weighted by molar-refractivity contribution is 7.89. The third-order valence-electron chi connectivity index (χ3n) is 2.34. The van der Waals surface area contributed by atoms with Gasteiger partial charge in [-0.15, -0.1) is 11.3 Å². The summed E-state index contributed by atoms with van der Waals surface area (Å²) in [4.78, 5) is 12.5. The van der Waals surface area contributed by atoms with Crippen LogP contribution in [0.4, 0.5) is 0 Å². The topological polar surface area (TPSA) is 106 Å². The van der Waals surface area contributed by atoms with Crippen molar-refractivity contribution in [1.29, 1.82) is 0 Å². The Kier molecular flexibility index (Phi) is 5.65. The average Bonchev–Trinajstić information content (AvgIpc) is 2.70. The summed E-state index contributed by atoms with van der Waals surface area (Å²) in [5.74, 6) is 0.550. The molecule has 0 saturated carbocycles. The van der Waals surface area contributed by atoms with E-state index >= 15 is 0 Å². The number of amides is 1. The Hall–Kier alpha value is -0.770. The minimum absolute atomic E-state index is 0.0280. The third kappa shape index (κ3) is 4.68. The highest BCUT2D eigenvalue weighted by Gasteiger charge is 2.18. The van der Waals surface area contributed by atoms with E-state index in [0.29, 0.717) is 22.9 Å². The smallest absolute Gasteiger partial charge is 0.261 e. The van der Waals surface area contributed by atoms with Gasteiger partial charge in [0.05, 0.1) is 9.77 Å². The first kappa shape index (κ1) is 16.3. The second-order valence-corrected chi connectivity index (χ2v) is 8.42. The molecule has 1 amide bonds. The summed E-state index contributed by atoms with van der Waals surface area (Å²) in [5.41, 5.74) is 0. The number of primary sulfonamides is 1. The molecule has 0 fully saturated rings. The summed E-state index contributed by atoms with van der Waals surface area (Å²) in [6.07, 6.45) is 0. The molecule has 3 N–H and O–H groups in total. The monoisotopic (exact) mass is 324 g/mol. The molecule has 9 heteroatoms. The van der Waals surface area contributed by atoms with Crippen molar-refractivity contribution >= 4 is 38.1 Å². The van der Waals surface area contributed by atoms with Gasteiger partial charge in [0.15, 0.2) is 0 Å². The molecule has 0 aromatic carbocycles. The molecule has 0 aliphatic carbocycles. The minimum atomic E-state index is -3.80. The molecule has 19 heavy (non-hydrogen) atoms. The minimum Gasteiger partial charge on any atom is -0.350 e. The van der Waals surface area contributed by atoms with Crippen LogP contribution >= 0.6 is 11.3 Å². The van der Waals surface area contributed by atoms with E-state index in [2.05, 4.69) is 5.32 Å². The summed E-state index contributed by atoms with van der Waals surface area (Å²) in [6.45, 7) is 3.69. The molecule has 0 aliphatic rings. The number of sulfonamides is 1. The molecule has 0 radical (unpaired) electrons. The van der Waals surface area contributed by atoms with Crippen molar-refractivity contribution in [2.75, 3.05) is 18.1 Å². The van der Waals surface area contributed by atoms with Gasteiger partial charge in [0.2, 0.25) is 10.0 Å². The van der Waals surface area contributed by atoms with Crippen LogP contribution in [0.5, 0.6) is 0 Å². The SMILES string of the molecule is CCS(=O)CCNC(=O)c1cc(S(N)(=O)=O)c(C)s1. The molecule has 1 heterocycles. The van der Waals surface area contributed by atoms with Crippen LogP contribution in [0.1, 0.15) is 21.5 Å². The Labute approximate surface area is 118 Å². The van der Waals surface area contributed by atoms with Gasteiger partial charge in [0, 0.05) is 33.7 Å². The summed E-state index contributed by atoms with van der Waals surface area (Å²) in [7, 11) is -4.74. The van der Waals surface area contributed by atoms with Gasteiger partial charge < -0.3 is 5.32 Å². The fourth-order valence-electron chi connectivity index (χ4n) is 1.37. The molecule has 108 valence electrons. The first-order valence-corrected chi connectivity index (χ1v) is 9.37. The van der Waals surface area contributed by atoms with Crippen molar-refractivity contribution in [3.63, 3.8) is 0 Å². The summed E-state index contributed by atoms with van der Waals surface area (Å²) in [5, 5.41) is 7.63. The highest BCUT2D eigenvalue weighted by atomic mass is 32.2. The van der Waals surface area contributed by atoms with Gasteiger partial charge in [-0.05, 0) is 13.0 Å². The summed E-state index contributed by atoms with van der Waals surface area (Å²) in [6, 6.07) is 1.27. The molecule has 1 unspecified atom stereocenters. The van der Waals surface area contributed by atoms with E-state index in [1.165, 1.54) is 6.07 Å². The molecular formula is C10H16N2O4S3. The Bertz CT molecular complexity index is 592. The molecule has 0 bridgehead atoms. The van der Waals surface area contributed by atoms with Gasteiger partial charge in [0.25, 0.3) is 5.91 Å². The Morgan fingerprint density at radius 2 is 2.16 bits per heavy atom. The molecule has 0 aliphatic heterocycles. The zero-order chi connectivity index (χ0) is 14.6. The number of nitrogens with one attached hydrogen (secondary N) is 1. The number of hydrogen-bond acceptors (Lipinski definition) is 5. The van der Waals surface area contributed by atoms with Crippen molar-refractivity contribution in [3.05, 3.63) is 15.8 Å². The van der Waals surface area contributed by atoms with Gasteiger partial charge in [-0.2, -0.15) is 0 Å². The largest absolute Gasteiger partial charge is 0.350 e. The summed E-state index contributed by atoms with van der Waals surface area (Å²) >= 11 is 1.07. The van der Waals surface area contributed by atoms with Crippen LogP contribution in [0.2, 0.25) is 0 Å². The lowest BCUT2D eigenvalue weighted by molar-refractivity contribution is 0.0960. The van der Waals surface area contributed by atoms with Crippen molar-refractivity contribution in [1.82, 2.24) is 5.32 Å². The molecule has 0 spiro atoms. The molecule has 1 rings (SSSR count). The maximum absolute atomic E-state index is 11.8. The third-order valence-corrected chi connectivity index (χ3v) is 5.86. The maximum atomic E-state index is 11.8. The first-order valence-electron chi connectivity index (χ1n) is 5.52. The number of rotatable bonds is 6. The van der Waals surface area contributed by atoms with Gasteiger partial charge >= 0.3 is 0 Å². The number of hydrogen-bond donors (Lipinski definition) is 2. The first-order chi connectivity index (χ1) is 8.75. The van der Waals surface area contributed by atoms with E-state index < -0.39 is 20.8 Å². The van der Waals surface area contributed by atoms with Crippen LogP contribution < -0.4 is 10.5 Å². The molecule has 1 aromatic heterocycles. The van der Waals surface area contributed by atoms with Crippen LogP contribution in [0, 0.1) is 6.92 Å². The predicted molar refractivity (Wildman–Crippen MR) is 76.3 cm³/mol. The fourth-order valence-corrected chi connectivity index (χ4v) is 4.05. The van der Waals surface area contributed by atoms with E-state index in [1.54, 1.807) is 13.8 Å². The Morgan fingerprint density at radius 1 is 1.53 bits per heavy atom. The van der Waals surface area contributed by atoms with E-state index in [4.69, 9.17) is 5.14 Å². The summed E-state index contributed by atoms with van der Waals surface area (Å²) < 4.78 is 33.7. The van der Waals surface area contributed by atoms with Gasteiger partial charge in [-0.25, -0.2) is 13.6 Å². The van der Waals surface area contributed by atoms with Crippen molar-refractivity contribution < 1.29 is 17.4 Å². The van der Waals surface area contributed by atoms with Crippen LogP contribution in [-0.4, -0.2) is 36.6 Å². The predicted octanol–water partition coefficient (Wildman–Crippen LogP) is 0.202. The zero-order valence-electron chi connectivity index (χ0n) is 10.6. The van der Waals surface area contributed by atoms with Crippen LogP contribution in [0.3, 0.4) is 0 Å². The Balaban J connectivity index is 2.71. The van der Waals surface area contributed by atoms with Crippen molar-refractivity contribution in [2.24, 2.45) is 5.14 Å². The van der Waals surface area contributed by atoms with E-state index in [9.17, 15) is 17.4 Å². The van der Waals surface area contributed by atoms with Crippen LogP contribution in [0.15, 0.2) is 11.0 Å². The van der Waals surface area contributed by atoms with E-state index in [1.807, 2.05) is 0 Å². The average molecular weight is 324 g/mol. The number of nitrogens with two attached hydrogens (primary N) is 1. The number of thiophene rings is 1. The maximum Gasteiger partial charge on any atom is 0.261 e. The Morgan fingerprint density at radius 3 is 2.63 bits per heavy atom. The lowest BCUT2D eigenvalue weighted by atomic mass is 10.4. The van der Waals surface area contributed by atoms with Gasteiger partial charge in [-0.3, -0.25) is 9.00 Å². The highest BCUT2D eigenvalue weighted by Crippen LogP contribution is 2.24.